The molecule has 0 atom stereocenters. The number of aromatic nitrogens is 2. The summed E-state index contributed by atoms with van der Waals surface area (Å²) in [7, 11) is 1.77. The standard InChI is InChI=1S/C12H19N3O2/c1-16-12(5-2-6-12)7-11-14-10(15-17-11)8-13-9-3-4-9/h9,13H,2-8H2,1H3. The predicted molar refractivity (Wildman–Crippen MR) is 61.5 cm³/mol. The Labute approximate surface area is 101 Å². The van der Waals surface area contributed by atoms with Gasteiger partial charge in [0.1, 0.15) is 0 Å². The first-order valence-electron chi connectivity index (χ1n) is 6.40. The first kappa shape index (κ1) is 11.2. The van der Waals surface area contributed by atoms with E-state index in [0.717, 1.165) is 25.1 Å². The van der Waals surface area contributed by atoms with Gasteiger partial charge < -0.3 is 14.6 Å². The number of methoxy groups -OCH3 is 1. The van der Waals surface area contributed by atoms with Gasteiger partial charge in [-0.1, -0.05) is 5.16 Å². The summed E-state index contributed by atoms with van der Waals surface area (Å²) in [4.78, 5) is 4.40. The first-order chi connectivity index (χ1) is 8.30. The Hall–Kier alpha value is -0.940. The normalized spacial score (nSPS) is 22.4. The zero-order chi connectivity index (χ0) is 11.7. The molecule has 3 rings (SSSR count). The quantitative estimate of drug-likeness (QED) is 0.811. The summed E-state index contributed by atoms with van der Waals surface area (Å²) >= 11 is 0. The summed E-state index contributed by atoms with van der Waals surface area (Å²) in [5.74, 6) is 1.47. The minimum atomic E-state index is -0.0340. The van der Waals surface area contributed by atoms with E-state index < -0.39 is 0 Å². The Balaban J connectivity index is 1.55. The number of rotatable bonds is 6. The van der Waals surface area contributed by atoms with E-state index in [0.29, 0.717) is 18.5 Å². The Bertz CT molecular complexity index is 377. The van der Waals surface area contributed by atoms with Crippen LogP contribution in [0.15, 0.2) is 4.52 Å². The first-order valence-corrected chi connectivity index (χ1v) is 6.40. The second-order valence-corrected chi connectivity index (χ2v) is 5.18. The average Bonchev–Trinajstić information content (AvgIpc) is 3.01. The molecule has 0 spiro atoms. The van der Waals surface area contributed by atoms with Crippen molar-refractivity contribution in [2.24, 2.45) is 0 Å². The van der Waals surface area contributed by atoms with Gasteiger partial charge in [0.2, 0.25) is 5.89 Å². The largest absolute Gasteiger partial charge is 0.378 e. The molecule has 5 heteroatoms. The Morgan fingerprint density at radius 1 is 1.47 bits per heavy atom. The molecule has 0 aromatic carbocycles. The summed E-state index contributed by atoms with van der Waals surface area (Å²) in [6.45, 7) is 0.716. The number of nitrogens with one attached hydrogen (secondary N) is 1. The predicted octanol–water partition coefficient (Wildman–Crippen LogP) is 1.43. The minimum absolute atomic E-state index is 0.0340. The van der Waals surface area contributed by atoms with E-state index in [2.05, 4.69) is 15.5 Å². The van der Waals surface area contributed by atoms with Crippen molar-refractivity contribution in [2.45, 2.75) is 56.7 Å². The lowest BCUT2D eigenvalue weighted by molar-refractivity contribution is -0.0751. The minimum Gasteiger partial charge on any atom is -0.378 e. The van der Waals surface area contributed by atoms with Crippen LogP contribution >= 0.6 is 0 Å². The number of ether oxygens (including phenoxy) is 1. The van der Waals surface area contributed by atoms with Gasteiger partial charge in [0.15, 0.2) is 5.82 Å². The maximum atomic E-state index is 5.55. The van der Waals surface area contributed by atoms with Crippen LogP contribution in [-0.2, 0) is 17.7 Å². The van der Waals surface area contributed by atoms with Gasteiger partial charge in [0, 0.05) is 13.2 Å². The van der Waals surface area contributed by atoms with Crippen molar-refractivity contribution in [2.75, 3.05) is 7.11 Å². The van der Waals surface area contributed by atoms with Crippen molar-refractivity contribution in [1.29, 1.82) is 0 Å². The van der Waals surface area contributed by atoms with E-state index >= 15 is 0 Å². The molecule has 1 aromatic rings. The van der Waals surface area contributed by atoms with Gasteiger partial charge in [0.05, 0.1) is 18.6 Å². The summed E-state index contributed by atoms with van der Waals surface area (Å²) in [5, 5.41) is 7.36. The molecule has 2 saturated carbocycles. The third kappa shape index (κ3) is 2.50. The Morgan fingerprint density at radius 2 is 2.29 bits per heavy atom. The Morgan fingerprint density at radius 3 is 2.88 bits per heavy atom. The summed E-state index contributed by atoms with van der Waals surface area (Å²) in [6, 6.07) is 0.675. The number of hydrogen-bond donors (Lipinski definition) is 1. The molecule has 0 bridgehead atoms. The van der Waals surface area contributed by atoms with Gasteiger partial charge in [-0.05, 0) is 32.1 Å². The van der Waals surface area contributed by atoms with Crippen LogP contribution in [0.3, 0.4) is 0 Å². The zero-order valence-electron chi connectivity index (χ0n) is 10.2. The van der Waals surface area contributed by atoms with Crippen molar-refractivity contribution in [3.05, 3.63) is 11.7 Å². The van der Waals surface area contributed by atoms with Gasteiger partial charge in [-0.3, -0.25) is 0 Å². The molecule has 2 aliphatic carbocycles. The topological polar surface area (TPSA) is 60.2 Å². The van der Waals surface area contributed by atoms with Crippen molar-refractivity contribution in [1.82, 2.24) is 15.5 Å². The maximum absolute atomic E-state index is 5.55. The molecule has 5 nitrogen and oxygen atoms in total. The molecular weight excluding hydrogens is 218 g/mol. The van der Waals surface area contributed by atoms with E-state index in [4.69, 9.17) is 9.26 Å². The highest BCUT2D eigenvalue weighted by molar-refractivity contribution is 4.99. The van der Waals surface area contributed by atoms with E-state index in [1.165, 1.54) is 19.3 Å². The molecule has 0 amide bonds. The molecule has 0 unspecified atom stereocenters. The summed E-state index contributed by atoms with van der Waals surface area (Å²) in [6.07, 6.45) is 6.73. The fraction of sp³-hybridized carbons (Fsp3) is 0.833. The van der Waals surface area contributed by atoms with Gasteiger partial charge >= 0.3 is 0 Å². The van der Waals surface area contributed by atoms with Gasteiger partial charge in [-0.25, -0.2) is 0 Å². The highest BCUT2D eigenvalue weighted by atomic mass is 16.5. The van der Waals surface area contributed by atoms with Crippen molar-refractivity contribution >= 4 is 0 Å². The lowest BCUT2D eigenvalue weighted by Gasteiger charge is -2.39. The summed E-state index contributed by atoms with van der Waals surface area (Å²) < 4.78 is 10.8. The molecule has 1 aromatic heterocycles. The Kier molecular flexibility index (Phi) is 2.88. The molecule has 1 heterocycles. The second-order valence-electron chi connectivity index (χ2n) is 5.18. The molecule has 0 radical (unpaired) electrons. The molecular formula is C12H19N3O2. The third-order valence-corrected chi connectivity index (χ3v) is 3.81. The summed E-state index contributed by atoms with van der Waals surface area (Å²) in [5.41, 5.74) is -0.0340. The van der Waals surface area contributed by atoms with Gasteiger partial charge in [-0.15, -0.1) is 0 Å². The average molecular weight is 237 g/mol. The monoisotopic (exact) mass is 237 g/mol. The molecule has 2 fully saturated rings. The maximum Gasteiger partial charge on any atom is 0.229 e. The van der Waals surface area contributed by atoms with Crippen LogP contribution in [0.25, 0.3) is 0 Å². The van der Waals surface area contributed by atoms with E-state index in [-0.39, 0.29) is 5.60 Å². The second kappa shape index (κ2) is 4.38. The van der Waals surface area contributed by atoms with Crippen LogP contribution in [0.4, 0.5) is 0 Å². The van der Waals surface area contributed by atoms with Crippen LogP contribution < -0.4 is 5.32 Å². The lowest BCUT2D eigenvalue weighted by Crippen LogP contribution is -2.41. The molecule has 1 N–H and O–H groups in total. The number of hydrogen-bond acceptors (Lipinski definition) is 5. The van der Waals surface area contributed by atoms with Gasteiger partial charge in [-0.2, -0.15) is 4.98 Å². The van der Waals surface area contributed by atoms with Crippen LogP contribution in [-0.4, -0.2) is 28.9 Å². The fourth-order valence-corrected chi connectivity index (χ4v) is 2.26. The highest BCUT2D eigenvalue weighted by Crippen LogP contribution is 2.37. The van der Waals surface area contributed by atoms with E-state index in [9.17, 15) is 0 Å². The van der Waals surface area contributed by atoms with Crippen molar-refractivity contribution < 1.29 is 9.26 Å². The molecule has 0 aliphatic heterocycles. The van der Waals surface area contributed by atoms with Crippen LogP contribution in [0.1, 0.15) is 43.8 Å². The van der Waals surface area contributed by atoms with E-state index in [1.807, 2.05) is 0 Å². The zero-order valence-corrected chi connectivity index (χ0v) is 10.2. The molecule has 94 valence electrons. The fourth-order valence-electron chi connectivity index (χ4n) is 2.26. The van der Waals surface area contributed by atoms with Crippen molar-refractivity contribution in [3.63, 3.8) is 0 Å². The number of nitrogens with zero attached hydrogens (tertiary/aromatic N) is 2. The molecule has 2 aliphatic rings. The van der Waals surface area contributed by atoms with Crippen LogP contribution in [0, 0.1) is 0 Å². The molecule has 0 saturated heterocycles. The SMILES string of the molecule is COC1(Cc2nc(CNC3CC3)no2)CCC1. The van der Waals surface area contributed by atoms with Crippen LogP contribution in [0.2, 0.25) is 0 Å². The van der Waals surface area contributed by atoms with Gasteiger partial charge in [0.25, 0.3) is 0 Å². The van der Waals surface area contributed by atoms with Crippen molar-refractivity contribution in [3.8, 4) is 0 Å². The smallest absolute Gasteiger partial charge is 0.229 e. The van der Waals surface area contributed by atoms with Crippen LogP contribution in [0.5, 0.6) is 0 Å². The van der Waals surface area contributed by atoms with E-state index in [1.54, 1.807) is 7.11 Å². The highest BCUT2D eigenvalue weighted by Gasteiger charge is 2.38. The lowest BCUT2D eigenvalue weighted by atomic mass is 9.77. The third-order valence-electron chi connectivity index (χ3n) is 3.81. The molecule has 17 heavy (non-hydrogen) atoms.